The normalized spacial score (nSPS) is 13.3. The van der Waals surface area contributed by atoms with Gasteiger partial charge in [0.05, 0.1) is 12.2 Å². The molecular weight excluding hydrogens is 190 g/mol. The third-order valence-electron chi connectivity index (χ3n) is 1.84. The van der Waals surface area contributed by atoms with E-state index in [9.17, 15) is 8.78 Å². The van der Waals surface area contributed by atoms with Crippen LogP contribution in [0.2, 0.25) is 0 Å². The molecule has 0 atom stereocenters. The Morgan fingerprint density at radius 3 is 2.36 bits per heavy atom. The SMILES string of the molecule is CC(C)(C)c1coc(C(F)(F)CN)n1. The quantitative estimate of drug-likeness (QED) is 0.801. The first kappa shape index (κ1) is 11.1. The van der Waals surface area contributed by atoms with Gasteiger partial charge in [0, 0.05) is 5.41 Å². The molecule has 0 amide bonds. The molecule has 0 bridgehead atoms. The summed E-state index contributed by atoms with van der Waals surface area (Å²) in [6, 6.07) is 0. The second kappa shape index (κ2) is 3.31. The number of aromatic nitrogens is 1. The van der Waals surface area contributed by atoms with Crippen molar-refractivity contribution in [2.24, 2.45) is 5.73 Å². The van der Waals surface area contributed by atoms with E-state index in [1.807, 2.05) is 20.8 Å². The average Bonchev–Trinajstić information content (AvgIpc) is 2.51. The predicted molar refractivity (Wildman–Crippen MR) is 48.2 cm³/mol. The highest BCUT2D eigenvalue weighted by Gasteiger charge is 2.36. The molecule has 0 radical (unpaired) electrons. The summed E-state index contributed by atoms with van der Waals surface area (Å²) in [7, 11) is 0. The molecule has 0 unspecified atom stereocenters. The second-order valence-corrected chi connectivity index (χ2v) is 4.20. The smallest absolute Gasteiger partial charge is 0.334 e. The van der Waals surface area contributed by atoms with Crippen LogP contribution in [0.5, 0.6) is 0 Å². The van der Waals surface area contributed by atoms with Crippen LogP contribution in [-0.4, -0.2) is 11.5 Å². The fraction of sp³-hybridized carbons (Fsp3) is 0.667. The maximum atomic E-state index is 13.0. The van der Waals surface area contributed by atoms with Gasteiger partial charge < -0.3 is 10.2 Å². The van der Waals surface area contributed by atoms with Gasteiger partial charge in [0.1, 0.15) is 6.26 Å². The van der Waals surface area contributed by atoms with Crippen LogP contribution in [0.3, 0.4) is 0 Å². The topological polar surface area (TPSA) is 52.0 Å². The van der Waals surface area contributed by atoms with E-state index >= 15 is 0 Å². The molecule has 0 saturated heterocycles. The molecule has 0 aliphatic carbocycles. The number of nitrogens with two attached hydrogens (primary N) is 1. The Morgan fingerprint density at radius 2 is 2.00 bits per heavy atom. The summed E-state index contributed by atoms with van der Waals surface area (Å²) in [5.41, 5.74) is 5.11. The second-order valence-electron chi connectivity index (χ2n) is 4.20. The molecule has 1 rings (SSSR count). The molecule has 1 heterocycles. The van der Waals surface area contributed by atoms with E-state index in [4.69, 9.17) is 10.2 Å². The number of hydrogen-bond donors (Lipinski definition) is 1. The van der Waals surface area contributed by atoms with E-state index in [1.54, 1.807) is 0 Å². The van der Waals surface area contributed by atoms with Crippen LogP contribution < -0.4 is 5.73 Å². The van der Waals surface area contributed by atoms with Crippen molar-refractivity contribution in [3.05, 3.63) is 17.8 Å². The van der Waals surface area contributed by atoms with Crippen molar-refractivity contribution in [1.82, 2.24) is 4.98 Å². The Morgan fingerprint density at radius 1 is 1.43 bits per heavy atom. The zero-order chi connectivity index (χ0) is 11.0. The Kier molecular flexibility index (Phi) is 2.63. The van der Waals surface area contributed by atoms with Gasteiger partial charge in [0.2, 0.25) is 0 Å². The molecule has 14 heavy (non-hydrogen) atoms. The maximum absolute atomic E-state index is 13.0. The van der Waals surface area contributed by atoms with Crippen LogP contribution in [0.4, 0.5) is 8.78 Å². The lowest BCUT2D eigenvalue weighted by atomic mass is 9.93. The molecule has 3 nitrogen and oxygen atoms in total. The van der Waals surface area contributed by atoms with Gasteiger partial charge in [-0.1, -0.05) is 20.8 Å². The molecule has 1 aromatic rings. The lowest BCUT2D eigenvalue weighted by Gasteiger charge is -2.13. The fourth-order valence-electron chi connectivity index (χ4n) is 0.874. The fourth-order valence-corrected chi connectivity index (χ4v) is 0.874. The van der Waals surface area contributed by atoms with Crippen LogP contribution in [0.1, 0.15) is 32.4 Å². The molecule has 2 N–H and O–H groups in total. The standard InChI is InChI=1S/C9H14F2N2O/c1-8(2,3)6-4-14-7(13-6)9(10,11)5-12/h4H,5,12H2,1-3H3. The van der Waals surface area contributed by atoms with Gasteiger partial charge in [0.15, 0.2) is 0 Å². The van der Waals surface area contributed by atoms with E-state index in [2.05, 4.69) is 4.98 Å². The summed E-state index contributed by atoms with van der Waals surface area (Å²) < 4.78 is 30.7. The minimum absolute atomic E-state index is 0.299. The molecular formula is C9H14F2N2O. The first-order valence-electron chi connectivity index (χ1n) is 4.32. The van der Waals surface area contributed by atoms with Gasteiger partial charge in [-0.15, -0.1) is 0 Å². The number of rotatable bonds is 2. The van der Waals surface area contributed by atoms with Crippen molar-refractivity contribution >= 4 is 0 Å². The average molecular weight is 204 g/mol. The van der Waals surface area contributed by atoms with Gasteiger partial charge in [-0.2, -0.15) is 8.78 Å². The number of nitrogens with zero attached hydrogens (tertiary/aromatic N) is 1. The van der Waals surface area contributed by atoms with Crippen LogP contribution in [0.15, 0.2) is 10.7 Å². The summed E-state index contributed by atoms with van der Waals surface area (Å²) in [5, 5.41) is 0. The summed E-state index contributed by atoms with van der Waals surface area (Å²) in [6.45, 7) is 4.82. The Labute approximate surface area is 81.3 Å². The summed E-state index contributed by atoms with van der Waals surface area (Å²) in [6.07, 6.45) is 1.25. The lowest BCUT2D eigenvalue weighted by Crippen LogP contribution is -2.25. The van der Waals surface area contributed by atoms with Crippen LogP contribution in [0, 0.1) is 0 Å². The van der Waals surface area contributed by atoms with Gasteiger partial charge in [-0.25, -0.2) is 4.98 Å². The van der Waals surface area contributed by atoms with Crippen LogP contribution >= 0.6 is 0 Å². The summed E-state index contributed by atoms with van der Waals surface area (Å²) >= 11 is 0. The van der Waals surface area contributed by atoms with Crippen LogP contribution in [0.25, 0.3) is 0 Å². The molecule has 0 aliphatic heterocycles. The molecule has 5 heteroatoms. The summed E-state index contributed by atoms with van der Waals surface area (Å²) in [5.74, 6) is -3.78. The Bertz CT molecular complexity index is 315. The third kappa shape index (κ3) is 2.09. The molecule has 80 valence electrons. The van der Waals surface area contributed by atoms with E-state index in [0.717, 1.165) is 0 Å². The number of alkyl halides is 2. The van der Waals surface area contributed by atoms with Gasteiger partial charge in [-0.3, -0.25) is 0 Å². The molecule has 0 aliphatic rings. The van der Waals surface area contributed by atoms with Crippen molar-refractivity contribution < 1.29 is 13.2 Å². The minimum Gasteiger partial charge on any atom is -0.443 e. The van der Waals surface area contributed by atoms with Crippen molar-refractivity contribution in [1.29, 1.82) is 0 Å². The first-order valence-corrected chi connectivity index (χ1v) is 4.32. The third-order valence-corrected chi connectivity index (χ3v) is 1.84. The van der Waals surface area contributed by atoms with Gasteiger partial charge >= 0.3 is 5.92 Å². The van der Waals surface area contributed by atoms with Gasteiger partial charge in [-0.05, 0) is 0 Å². The van der Waals surface area contributed by atoms with Crippen molar-refractivity contribution in [2.45, 2.75) is 32.1 Å². The highest BCUT2D eigenvalue weighted by molar-refractivity contribution is 5.10. The number of hydrogen-bond acceptors (Lipinski definition) is 3. The van der Waals surface area contributed by atoms with Crippen molar-refractivity contribution in [3.8, 4) is 0 Å². The Balaban J connectivity index is 3.00. The molecule has 0 saturated carbocycles. The molecule has 0 spiro atoms. The molecule has 0 fully saturated rings. The van der Waals surface area contributed by atoms with Crippen LogP contribution in [-0.2, 0) is 11.3 Å². The molecule has 1 aromatic heterocycles. The van der Waals surface area contributed by atoms with E-state index < -0.39 is 18.4 Å². The molecule has 0 aromatic carbocycles. The van der Waals surface area contributed by atoms with Crippen molar-refractivity contribution in [2.75, 3.05) is 6.54 Å². The van der Waals surface area contributed by atoms with E-state index in [-0.39, 0.29) is 5.41 Å². The zero-order valence-corrected chi connectivity index (χ0v) is 8.47. The summed E-state index contributed by atoms with van der Waals surface area (Å²) in [4.78, 5) is 3.73. The lowest BCUT2D eigenvalue weighted by molar-refractivity contribution is -0.0214. The highest BCUT2D eigenvalue weighted by Crippen LogP contribution is 2.29. The van der Waals surface area contributed by atoms with Crippen molar-refractivity contribution in [3.63, 3.8) is 0 Å². The van der Waals surface area contributed by atoms with E-state index in [1.165, 1.54) is 6.26 Å². The Hall–Kier alpha value is -0.970. The zero-order valence-electron chi connectivity index (χ0n) is 8.47. The predicted octanol–water partition coefficient (Wildman–Crippen LogP) is 2.02. The van der Waals surface area contributed by atoms with Gasteiger partial charge in [0.25, 0.3) is 5.89 Å². The maximum Gasteiger partial charge on any atom is 0.334 e. The monoisotopic (exact) mass is 204 g/mol. The first-order chi connectivity index (χ1) is 6.27. The number of oxazole rings is 1. The minimum atomic E-state index is -3.18. The number of halogens is 2. The highest BCUT2D eigenvalue weighted by atomic mass is 19.3. The largest absolute Gasteiger partial charge is 0.443 e. The van der Waals surface area contributed by atoms with E-state index in [0.29, 0.717) is 5.69 Å².